The minimum absolute atomic E-state index is 0.102. The number of nitrogens with one attached hydrogen (secondary N) is 2. The Hall–Kier alpha value is -3.72. The van der Waals surface area contributed by atoms with Crippen LogP contribution in [0.15, 0.2) is 54.9 Å². The van der Waals surface area contributed by atoms with E-state index in [0.29, 0.717) is 31.7 Å². The van der Waals surface area contributed by atoms with Gasteiger partial charge in [0.25, 0.3) is 5.91 Å². The molecule has 3 aromatic rings. The van der Waals surface area contributed by atoms with Crippen LogP contribution in [-0.4, -0.2) is 81.7 Å². The normalized spacial score (nSPS) is 16.9. The summed E-state index contributed by atoms with van der Waals surface area (Å²) in [6.45, 7) is 11.2. The van der Waals surface area contributed by atoms with E-state index in [-0.39, 0.29) is 23.8 Å². The highest BCUT2D eigenvalue weighted by molar-refractivity contribution is 5.93. The second-order valence-electron chi connectivity index (χ2n) is 12.2. The van der Waals surface area contributed by atoms with Crippen LogP contribution in [0.25, 0.3) is 5.65 Å². The fourth-order valence-electron chi connectivity index (χ4n) is 5.32. The second kappa shape index (κ2) is 12.9. The standard InChI is InChI=1S/C32H44N6O3/c1-22-14-17-36-21-26(34-27(36)19-22)30(40)37(18-15-24-11-8-7-9-12-24)20-25-13-10-16-38(25)31(41)28(32(3,4)5)35-29(39)23(2)33-6/h7-9,11-12,14,17,19,21,23,25,28,33H,10,13,15-16,18,20H2,1-6H3,(H,35,39)/t23-,25-,28+/m0/s1. The van der Waals surface area contributed by atoms with E-state index in [9.17, 15) is 14.4 Å². The lowest BCUT2D eigenvalue weighted by Crippen LogP contribution is -2.59. The maximum absolute atomic E-state index is 14.0. The number of fused-ring (bicyclic) bond motifs is 1. The summed E-state index contributed by atoms with van der Waals surface area (Å²) in [5.41, 5.74) is 2.86. The van der Waals surface area contributed by atoms with Crippen molar-refractivity contribution in [1.29, 1.82) is 0 Å². The van der Waals surface area contributed by atoms with Crippen molar-refractivity contribution in [2.24, 2.45) is 5.41 Å². The van der Waals surface area contributed by atoms with Crippen molar-refractivity contribution >= 4 is 23.4 Å². The Morgan fingerprint density at radius 3 is 2.56 bits per heavy atom. The van der Waals surface area contributed by atoms with Crippen LogP contribution in [0.5, 0.6) is 0 Å². The summed E-state index contributed by atoms with van der Waals surface area (Å²) in [6.07, 6.45) is 6.03. The molecule has 1 saturated heterocycles. The summed E-state index contributed by atoms with van der Waals surface area (Å²) in [5, 5.41) is 5.93. The number of likely N-dealkylation sites (tertiary alicyclic amines) is 1. The molecule has 0 spiro atoms. The van der Waals surface area contributed by atoms with E-state index in [1.54, 1.807) is 20.2 Å². The Balaban J connectivity index is 1.57. The number of pyridine rings is 1. The third-order valence-corrected chi connectivity index (χ3v) is 7.95. The van der Waals surface area contributed by atoms with Gasteiger partial charge in [0.1, 0.15) is 17.4 Å². The van der Waals surface area contributed by atoms with Gasteiger partial charge >= 0.3 is 0 Å². The summed E-state index contributed by atoms with van der Waals surface area (Å²) in [5.74, 6) is -0.460. The molecule has 0 saturated carbocycles. The number of imidazole rings is 1. The van der Waals surface area contributed by atoms with Gasteiger partial charge in [-0.05, 0) is 68.8 Å². The smallest absolute Gasteiger partial charge is 0.274 e. The predicted octanol–water partition coefficient (Wildman–Crippen LogP) is 3.46. The molecule has 0 bridgehead atoms. The topological polar surface area (TPSA) is 99.0 Å². The largest absolute Gasteiger partial charge is 0.342 e. The molecule has 9 heteroatoms. The molecule has 2 N–H and O–H groups in total. The van der Waals surface area contributed by atoms with Gasteiger partial charge in [0, 0.05) is 38.1 Å². The Morgan fingerprint density at radius 2 is 1.88 bits per heavy atom. The van der Waals surface area contributed by atoms with Crippen LogP contribution in [0, 0.1) is 12.3 Å². The number of carbonyl (C=O) groups is 3. The summed E-state index contributed by atoms with van der Waals surface area (Å²) in [6, 6.07) is 12.8. The Morgan fingerprint density at radius 1 is 1.15 bits per heavy atom. The molecule has 220 valence electrons. The number of aromatic nitrogens is 2. The number of hydrogen-bond acceptors (Lipinski definition) is 5. The monoisotopic (exact) mass is 560 g/mol. The summed E-state index contributed by atoms with van der Waals surface area (Å²) >= 11 is 0. The molecule has 1 aliphatic rings. The van der Waals surface area contributed by atoms with E-state index < -0.39 is 17.5 Å². The van der Waals surface area contributed by atoms with Crippen LogP contribution in [0.2, 0.25) is 0 Å². The van der Waals surface area contributed by atoms with Crippen LogP contribution in [0.1, 0.15) is 62.2 Å². The Bertz CT molecular complexity index is 1360. The molecular weight excluding hydrogens is 516 g/mol. The first-order valence-electron chi connectivity index (χ1n) is 14.5. The van der Waals surface area contributed by atoms with Gasteiger partial charge in [-0.1, -0.05) is 51.1 Å². The molecule has 1 aromatic carbocycles. The maximum Gasteiger partial charge on any atom is 0.274 e. The molecule has 0 aliphatic carbocycles. The molecule has 1 fully saturated rings. The quantitative estimate of drug-likeness (QED) is 0.396. The lowest BCUT2D eigenvalue weighted by molar-refractivity contribution is -0.140. The predicted molar refractivity (Wildman–Crippen MR) is 161 cm³/mol. The number of likely N-dealkylation sites (N-methyl/N-ethyl adjacent to an activating group) is 1. The van der Waals surface area contributed by atoms with E-state index >= 15 is 0 Å². The highest BCUT2D eigenvalue weighted by atomic mass is 16.2. The second-order valence-corrected chi connectivity index (χ2v) is 12.2. The molecule has 2 aromatic heterocycles. The van der Waals surface area contributed by atoms with Gasteiger partial charge in [-0.2, -0.15) is 0 Å². The summed E-state index contributed by atoms with van der Waals surface area (Å²) in [4.78, 5) is 49.0. The van der Waals surface area contributed by atoms with Gasteiger partial charge in [-0.25, -0.2) is 4.98 Å². The minimum Gasteiger partial charge on any atom is -0.342 e. The van der Waals surface area contributed by atoms with Crippen molar-refractivity contribution in [3.8, 4) is 0 Å². The fourth-order valence-corrected chi connectivity index (χ4v) is 5.32. The maximum atomic E-state index is 14.0. The number of amides is 3. The van der Waals surface area contributed by atoms with Crippen molar-refractivity contribution in [2.75, 3.05) is 26.7 Å². The number of benzene rings is 1. The van der Waals surface area contributed by atoms with Crippen molar-refractivity contribution < 1.29 is 14.4 Å². The van der Waals surface area contributed by atoms with Gasteiger partial charge in [-0.3, -0.25) is 14.4 Å². The Kier molecular flexibility index (Phi) is 9.48. The lowest BCUT2D eigenvalue weighted by atomic mass is 9.85. The molecule has 0 unspecified atom stereocenters. The van der Waals surface area contributed by atoms with Crippen LogP contribution in [0.3, 0.4) is 0 Å². The number of hydrogen-bond donors (Lipinski definition) is 2. The zero-order chi connectivity index (χ0) is 29.7. The van der Waals surface area contributed by atoms with Crippen LogP contribution in [-0.2, 0) is 16.0 Å². The lowest BCUT2D eigenvalue weighted by Gasteiger charge is -2.37. The van der Waals surface area contributed by atoms with Crippen molar-refractivity contribution in [3.05, 3.63) is 71.7 Å². The highest BCUT2D eigenvalue weighted by Gasteiger charge is 2.41. The SMILES string of the molecule is CN[C@@H](C)C(=O)N[C@H](C(=O)N1CCC[C@H]1CN(CCc1ccccc1)C(=O)c1cn2ccc(C)cc2n1)C(C)(C)C. The molecule has 1 aliphatic heterocycles. The molecule has 9 nitrogen and oxygen atoms in total. The summed E-state index contributed by atoms with van der Waals surface area (Å²) < 4.78 is 1.86. The summed E-state index contributed by atoms with van der Waals surface area (Å²) in [7, 11) is 1.72. The third-order valence-electron chi connectivity index (χ3n) is 7.95. The fraction of sp³-hybridized carbons (Fsp3) is 0.500. The first-order chi connectivity index (χ1) is 19.5. The van der Waals surface area contributed by atoms with Gasteiger partial charge < -0.3 is 24.8 Å². The average Bonchev–Trinajstić information content (AvgIpc) is 3.59. The number of rotatable bonds is 10. The zero-order valence-corrected chi connectivity index (χ0v) is 25.2. The first-order valence-corrected chi connectivity index (χ1v) is 14.5. The molecule has 41 heavy (non-hydrogen) atoms. The third kappa shape index (κ3) is 7.33. The van der Waals surface area contributed by atoms with Gasteiger partial charge in [-0.15, -0.1) is 0 Å². The molecule has 0 radical (unpaired) electrons. The van der Waals surface area contributed by atoms with Crippen molar-refractivity contribution in [2.45, 2.75) is 72.0 Å². The van der Waals surface area contributed by atoms with Crippen LogP contribution in [0.4, 0.5) is 0 Å². The molecule has 4 rings (SSSR count). The van der Waals surface area contributed by atoms with Crippen molar-refractivity contribution in [1.82, 2.24) is 29.8 Å². The van der Waals surface area contributed by atoms with Gasteiger partial charge in [0.05, 0.1) is 6.04 Å². The zero-order valence-electron chi connectivity index (χ0n) is 25.2. The highest BCUT2D eigenvalue weighted by Crippen LogP contribution is 2.27. The van der Waals surface area contributed by atoms with E-state index in [4.69, 9.17) is 0 Å². The number of nitrogens with zero attached hydrogens (tertiary/aromatic N) is 4. The molecule has 3 heterocycles. The number of carbonyl (C=O) groups excluding carboxylic acids is 3. The molecule has 3 atom stereocenters. The average molecular weight is 561 g/mol. The molecule has 3 amide bonds. The van der Waals surface area contributed by atoms with E-state index in [0.717, 1.165) is 29.6 Å². The van der Waals surface area contributed by atoms with Gasteiger partial charge in [0.2, 0.25) is 11.8 Å². The first kappa shape index (κ1) is 30.2. The van der Waals surface area contributed by atoms with E-state index in [2.05, 4.69) is 27.8 Å². The van der Waals surface area contributed by atoms with E-state index in [1.807, 2.05) is 78.4 Å². The van der Waals surface area contributed by atoms with Crippen LogP contribution >= 0.6 is 0 Å². The van der Waals surface area contributed by atoms with E-state index in [1.165, 1.54) is 0 Å². The number of aryl methyl sites for hydroxylation is 1. The minimum atomic E-state index is -0.679. The molecular formula is C32H44N6O3. The Labute approximate surface area is 243 Å². The van der Waals surface area contributed by atoms with Crippen LogP contribution < -0.4 is 10.6 Å². The van der Waals surface area contributed by atoms with Gasteiger partial charge in [0.15, 0.2) is 0 Å². The van der Waals surface area contributed by atoms with Crippen molar-refractivity contribution in [3.63, 3.8) is 0 Å².